The summed E-state index contributed by atoms with van der Waals surface area (Å²) in [4.78, 5) is 25.0. The highest BCUT2D eigenvalue weighted by Crippen LogP contribution is 2.23. The minimum atomic E-state index is -0.464. The van der Waals surface area contributed by atoms with E-state index in [1.54, 1.807) is 42.5 Å². The van der Waals surface area contributed by atoms with E-state index < -0.39 is 11.8 Å². The van der Waals surface area contributed by atoms with E-state index in [0.717, 1.165) is 10.0 Å². The Morgan fingerprint density at radius 2 is 1.56 bits per heavy atom. The highest BCUT2D eigenvalue weighted by Gasteiger charge is 2.16. The first kappa shape index (κ1) is 23.9. The van der Waals surface area contributed by atoms with Gasteiger partial charge in [0.2, 0.25) is 0 Å². The molecule has 0 aromatic heterocycles. The van der Waals surface area contributed by atoms with E-state index in [2.05, 4.69) is 48.0 Å². The molecule has 0 saturated heterocycles. The Morgan fingerprint density at radius 1 is 0.844 bits per heavy atom. The fourth-order valence-electron chi connectivity index (χ4n) is 2.76. The van der Waals surface area contributed by atoms with Crippen molar-refractivity contribution in [2.45, 2.75) is 6.42 Å². The number of rotatable bonds is 6. The molecule has 9 heteroatoms. The highest BCUT2D eigenvalue weighted by molar-refractivity contribution is 9.10. The van der Waals surface area contributed by atoms with E-state index in [9.17, 15) is 9.59 Å². The lowest BCUT2D eigenvalue weighted by Gasteiger charge is -2.14. The summed E-state index contributed by atoms with van der Waals surface area (Å²) in [5.74, 6) is -0.434. The van der Waals surface area contributed by atoms with Crippen molar-refractivity contribution in [3.8, 4) is 5.75 Å². The van der Waals surface area contributed by atoms with Crippen LogP contribution in [0.3, 0.4) is 0 Å². The van der Waals surface area contributed by atoms with Gasteiger partial charge in [-0.2, -0.15) is 0 Å². The average Bonchev–Trinajstić information content (AvgIpc) is 2.79. The Balaban J connectivity index is 1.57. The monoisotopic (exact) mass is 575 g/mol. The number of benzene rings is 3. The summed E-state index contributed by atoms with van der Waals surface area (Å²) >= 11 is 11.8. The van der Waals surface area contributed by atoms with Gasteiger partial charge in [0.25, 0.3) is 11.8 Å². The van der Waals surface area contributed by atoms with Crippen molar-refractivity contribution in [1.82, 2.24) is 16.2 Å². The van der Waals surface area contributed by atoms with Crippen LogP contribution in [-0.4, -0.2) is 23.5 Å². The molecule has 0 atom stereocenters. The quantitative estimate of drug-likeness (QED) is 0.291. The molecule has 3 N–H and O–H groups in total. The predicted molar refractivity (Wildman–Crippen MR) is 135 cm³/mol. The van der Waals surface area contributed by atoms with E-state index in [-0.39, 0.29) is 5.11 Å². The lowest BCUT2D eigenvalue weighted by atomic mass is 10.1. The number of thiocarbonyl (C=S) groups is 1. The van der Waals surface area contributed by atoms with Crippen molar-refractivity contribution in [2.24, 2.45) is 0 Å². The van der Waals surface area contributed by atoms with Crippen molar-refractivity contribution in [2.75, 3.05) is 6.61 Å². The van der Waals surface area contributed by atoms with Gasteiger partial charge in [0.05, 0.1) is 17.7 Å². The first-order valence-corrected chi connectivity index (χ1v) is 11.6. The van der Waals surface area contributed by atoms with Gasteiger partial charge >= 0.3 is 0 Å². The molecule has 0 bridgehead atoms. The minimum Gasteiger partial charge on any atom is -0.492 e. The van der Waals surface area contributed by atoms with E-state index in [1.165, 1.54) is 0 Å². The number of amides is 2. The lowest BCUT2D eigenvalue weighted by Crippen LogP contribution is -2.48. The molecule has 0 unspecified atom stereocenters. The summed E-state index contributed by atoms with van der Waals surface area (Å²) in [5.41, 5.74) is 6.87. The first-order valence-electron chi connectivity index (χ1n) is 9.56. The molecule has 0 fully saturated rings. The molecule has 2 amide bonds. The molecule has 0 saturated carbocycles. The number of ether oxygens (including phenoxy) is 1. The second-order valence-corrected chi connectivity index (χ2v) is 8.75. The summed E-state index contributed by atoms with van der Waals surface area (Å²) in [6.45, 7) is 0.413. The largest absolute Gasteiger partial charge is 0.492 e. The molecule has 0 aliphatic heterocycles. The molecule has 3 rings (SSSR count). The van der Waals surface area contributed by atoms with Crippen LogP contribution in [0.2, 0.25) is 0 Å². The molecule has 0 aliphatic carbocycles. The molecule has 0 radical (unpaired) electrons. The molecule has 3 aromatic carbocycles. The van der Waals surface area contributed by atoms with Crippen molar-refractivity contribution >= 4 is 61.0 Å². The fraction of sp³-hybridized carbons (Fsp3) is 0.0870. The van der Waals surface area contributed by atoms with E-state index in [0.29, 0.717) is 34.4 Å². The second-order valence-electron chi connectivity index (χ2n) is 6.57. The number of carbonyl (C=O) groups excluding carboxylic acids is 2. The molecule has 32 heavy (non-hydrogen) atoms. The standard InChI is InChI=1S/C23H19Br2N3O3S/c24-16-10-11-20(31-13-12-15-6-2-1-3-7-15)18(14-16)21(29)26-23(32)28-27-22(30)17-8-4-5-9-19(17)25/h1-11,14H,12-13H2,(H,27,30)(H2,26,28,29,32). The lowest BCUT2D eigenvalue weighted by molar-refractivity contribution is 0.0933. The molecule has 0 spiro atoms. The van der Waals surface area contributed by atoms with E-state index >= 15 is 0 Å². The van der Waals surface area contributed by atoms with Crippen LogP contribution in [0, 0.1) is 0 Å². The molecule has 164 valence electrons. The van der Waals surface area contributed by atoms with Gasteiger partial charge in [-0.3, -0.25) is 25.8 Å². The molecular formula is C23H19Br2N3O3S. The molecular weight excluding hydrogens is 558 g/mol. The third-order valence-corrected chi connectivity index (χ3v) is 5.70. The van der Waals surface area contributed by atoms with E-state index in [4.69, 9.17) is 17.0 Å². The van der Waals surface area contributed by atoms with Crippen LogP contribution in [0.4, 0.5) is 0 Å². The van der Waals surface area contributed by atoms with E-state index in [1.807, 2.05) is 30.3 Å². The van der Waals surface area contributed by atoms with Gasteiger partial charge in [0.15, 0.2) is 5.11 Å². The highest BCUT2D eigenvalue weighted by atomic mass is 79.9. The fourth-order valence-corrected chi connectivity index (χ4v) is 3.73. The third-order valence-electron chi connectivity index (χ3n) is 4.31. The van der Waals surface area contributed by atoms with Gasteiger partial charge < -0.3 is 4.74 Å². The topological polar surface area (TPSA) is 79.5 Å². The Morgan fingerprint density at radius 3 is 2.31 bits per heavy atom. The Hall–Kier alpha value is -2.75. The summed E-state index contributed by atoms with van der Waals surface area (Å²) in [7, 11) is 0. The van der Waals surface area contributed by atoms with Crippen LogP contribution in [0.5, 0.6) is 5.75 Å². The summed E-state index contributed by atoms with van der Waals surface area (Å²) in [6, 6.07) is 22.0. The van der Waals surface area contributed by atoms with Gasteiger partial charge in [-0.25, -0.2) is 0 Å². The first-order chi connectivity index (χ1) is 15.4. The molecule has 3 aromatic rings. The van der Waals surface area contributed by atoms with Crippen molar-refractivity contribution < 1.29 is 14.3 Å². The second kappa shape index (κ2) is 11.8. The zero-order valence-electron chi connectivity index (χ0n) is 16.7. The van der Waals surface area contributed by atoms with Crippen molar-refractivity contribution in [3.63, 3.8) is 0 Å². The Bertz CT molecular complexity index is 1130. The van der Waals surface area contributed by atoms with Crippen LogP contribution in [0.1, 0.15) is 26.3 Å². The van der Waals surface area contributed by atoms with Gasteiger partial charge in [-0.15, -0.1) is 0 Å². The summed E-state index contributed by atoms with van der Waals surface area (Å²) in [5, 5.41) is 2.50. The number of hydrazine groups is 1. The number of carbonyl (C=O) groups is 2. The van der Waals surface area contributed by atoms with Crippen LogP contribution in [0.15, 0.2) is 81.7 Å². The minimum absolute atomic E-state index is 0.0504. The summed E-state index contributed by atoms with van der Waals surface area (Å²) in [6.07, 6.45) is 0.707. The molecule has 0 heterocycles. The molecule has 0 aliphatic rings. The normalized spacial score (nSPS) is 10.2. The van der Waals surface area contributed by atoms with Crippen molar-refractivity contribution in [3.05, 3.63) is 98.4 Å². The maximum absolute atomic E-state index is 12.8. The maximum Gasteiger partial charge on any atom is 0.270 e. The van der Waals surface area contributed by atoms with Crippen LogP contribution in [0.25, 0.3) is 0 Å². The Kier molecular flexibility index (Phi) is 8.78. The zero-order chi connectivity index (χ0) is 22.9. The number of halogens is 2. The number of hydrogen-bond donors (Lipinski definition) is 3. The van der Waals surface area contributed by atoms with Crippen molar-refractivity contribution in [1.29, 1.82) is 0 Å². The smallest absolute Gasteiger partial charge is 0.270 e. The SMILES string of the molecule is O=C(NNC(=S)NC(=O)c1cc(Br)ccc1OCCc1ccccc1)c1ccccc1Br. The van der Waals surface area contributed by atoms with Crippen LogP contribution in [-0.2, 0) is 6.42 Å². The Labute approximate surface area is 208 Å². The van der Waals surface area contributed by atoms with Gasteiger partial charge in [-0.05, 0) is 64.0 Å². The average molecular weight is 577 g/mol. The third kappa shape index (κ3) is 6.88. The maximum atomic E-state index is 12.8. The molecule has 6 nitrogen and oxygen atoms in total. The van der Waals surface area contributed by atoms with Gasteiger partial charge in [-0.1, -0.05) is 58.4 Å². The summed E-state index contributed by atoms with van der Waals surface area (Å²) < 4.78 is 7.21. The number of hydrogen-bond acceptors (Lipinski definition) is 4. The predicted octanol–water partition coefficient (Wildman–Crippen LogP) is 4.78. The van der Waals surface area contributed by atoms with Crippen LogP contribution < -0.4 is 20.9 Å². The number of nitrogens with one attached hydrogen (secondary N) is 3. The van der Waals surface area contributed by atoms with Gasteiger partial charge in [0.1, 0.15) is 5.75 Å². The van der Waals surface area contributed by atoms with Crippen LogP contribution >= 0.6 is 44.1 Å². The van der Waals surface area contributed by atoms with Gasteiger partial charge in [0, 0.05) is 15.4 Å². The zero-order valence-corrected chi connectivity index (χ0v) is 20.7.